The molecule has 0 aromatic heterocycles. The molecule has 0 unspecified atom stereocenters. The number of nitrogens with zero attached hydrogens (tertiary/aromatic N) is 2. The van der Waals surface area contributed by atoms with Crippen LogP contribution in [0.3, 0.4) is 0 Å². The first-order valence-electron chi connectivity index (χ1n) is 9.24. The molecule has 1 aliphatic heterocycles. The van der Waals surface area contributed by atoms with E-state index in [0.717, 1.165) is 12.1 Å². The van der Waals surface area contributed by atoms with Crippen molar-refractivity contribution in [2.24, 2.45) is 0 Å². The maximum absolute atomic E-state index is 10.5. The molecule has 154 valence electrons. The van der Waals surface area contributed by atoms with Crippen LogP contribution in [0.1, 0.15) is 11.1 Å². The van der Waals surface area contributed by atoms with E-state index in [-0.39, 0.29) is 4.90 Å². The molecule has 0 fully saturated rings. The highest BCUT2D eigenvalue weighted by Crippen LogP contribution is 2.15. The third-order valence-corrected chi connectivity index (χ3v) is 5.27. The van der Waals surface area contributed by atoms with Crippen LogP contribution < -0.4 is 4.90 Å². The van der Waals surface area contributed by atoms with Crippen LogP contribution in [0.4, 0.5) is 5.69 Å². The van der Waals surface area contributed by atoms with Gasteiger partial charge >= 0.3 is 0 Å². The molecule has 0 radical (unpaired) electrons. The first-order valence-corrected chi connectivity index (χ1v) is 10.7. The molecule has 0 spiro atoms. The van der Waals surface area contributed by atoms with Crippen LogP contribution in [0.5, 0.6) is 0 Å². The van der Waals surface area contributed by atoms with Gasteiger partial charge in [-0.2, -0.15) is 8.42 Å². The van der Waals surface area contributed by atoms with E-state index in [0.29, 0.717) is 0 Å². The molecule has 6 heteroatoms. The van der Waals surface area contributed by atoms with Gasteiger partial charge in [0.15, 0.2) is 0 Å². The molecular weight excluding hydrogens is 384 g/mol. The van der Waals surface area contributed by atoms with Crippen LogP contribution in [0.25, 0.3) is 6.08 Å². The number of benzene rings is 2. The highest BCUT2D eigenvalue weighted by molar-refractivity contribution is 7.85. The summed E-state index contributed by atoms with van der Waals surface area (Å²) < 4.78 is 29.6. The molecule has 0 amide bonds. The van der Waals surface area contributed by atoms with Gasteiger partial charge in [0.25, 0.3) is 10.1 Å². The fraction of sp³-hybridized carbons (Fsp3) is 0.217. The zero-order valence-corrected chi connectivity index (χ0v) is 18.1. The average molecular weight is 413 g/mol. The first kappa shape index (κ1) is 22.5. The summed E-state index contributed by atoms with van der Waals surface area (Å²) in [7, 11) is 2.20. The van der Waals surface area contributed by atoms with Crippen LogP contribution >= 0.6 is 0 Å². The smallest absolute Gasteiger partial charge is 0.294 e. The SMILES string of the molecule is CN1CC=CC=C1C=Cc1ccc(N(C)C)cc1.Cc1ccc(S(=O)(=O)O)cc1. The molecule has 0 saturated carbocycles. The zero-order valence-electron chi connectivity index (χ0n) is 17.3. The number of rotatable bonds is 4. The second-order valence-electron chi connectivity index (χ2n) is 7.01. The van der Waals surface area contributed by atoms with Crippen molar-refractivity contribution in [3.63, 3.8) is 0 Å². The number of allylic oxidation sites excluding steroid dienone is 3. The predicted octanol–water partition coefficient (Wildman–Crippen LogP) is 4.39. The third kappa shape index (κ3) is 7.25. The van der Waals surface area contributed by atoms with E-state index in [1.165, 1.54) is 29.1 Å². The van der Waals surface area contributed by atoms with Gasteiger partial charge in [-0.15, -0.1) is 0 Å². The van der Waals surface area contributed by atoms with Gasteiger partial charge in [-0.25, -0.2) is 0 Å². The van der Waals surface area contributed by atoms with Gasteiger partial charge in [0, 0.05) is 39.1 Å². The molecule has 0 atom stereocenters. The lowest BCUT2D eigenvalue weighted by Gasteiger charge is -2.20. The summed E-state index contributed by atoms with van der Waals surface area (Å²) in [6, 6.07) is 14.6. The van der Waals surface area contributed by atoms with Crippen molar-refractivity contribution in [1.82, 2.24) is 4.90 Å². The van der Waals surface area contributed by atoms with Crippen molar-refractivity contribution in [3.05, 3.63) is 89.7 Å². The Balaban J connectivity index is 0.000000234. The average Bonchev–Trinajstić information content (AvgIpc) is 2.68. The third-order valence-electron chi connectivity index (χ3n) is 4.40. The summed E-state index contributed by atoms with van der Waals surface area (Å²) in [6.07, 6.45) is 10.7. The van der Waals surface area contributed by atoms with E-state index in [1.807, 2.05) is 6.92 Å². The number of hydrogen-bond acceptors (Lipinski definition) is 4. The van der Waals surface area contributed by atoms with E-state index in [1.54, 1.807) is 12.1 Å². The Bertz CT molecular complexity index is 987. The maximum atomic E-state index is 10.5. The van der Waals surface area contributed by atoms with Crippen molar-refractivity contribution in [2.75, 3.05) is 32.6 Å². The minimum Gasteiger partial charge on any atom is -0.378 e. The number of hydrogen-bond donors (Lipinski definition) is 1. The monoisotopic (exact) mass is 412 g/mol. The molecule has 1 heterocycles. The van der Waals surface area contributed by atoms with Crippen molar-refractivity contribution in [1.29, 1.82) is 0 Å². The van der Waals surface area contributed by atoms with Gasteiger partial charge in [-0.05, 0) is 48.9 Å². The molecule has 0 aliphatic carbocycles. The van der Waals surface area contributed by atoms with Gasteiger partial charge in [0.2, 0.25) is 0 Å². The van der Waals surface area contributed by atoms with Crippen LogP contribution in [0.2, 0.25) is 0 Å². The Morgan fingerprint density at radius 3 is 2.14 bits per heavy atom. The number of aryl methyl sites for hydroxylation is 1. The second-order valence-corrected chi connectivity index (χ2v) is 8.43. The van der Waals surface area contributed by atoms with Gasteiger partial charge < -0.3 is 9.80 Å². The van der Waals surface area contributed by atoms with E-state index in [9.17, 15) is 8.42 Å². The standard InChI is InChI=1S/C16H20N2.C7H8O3S/c1-17(2)15-10-7-14(8-11-15)9-12-16-6-4-5-13-18(16)3;1-6-2-4-7(5-3-6)11(8,9)10/h4-12H,13H2,1-3H3;2-5H,1H3,(H,8,9,10). The van der Waals surface area contributed by atoms with Crippen LogP contribution in [-0.2, 0) is 10.1 Å². The molecule has 3 rings (SSSR count). The summed E-state index contributed by atoms with van der Waals surface area (Å²) >= 11 is 0. The molecule has 1 N–H and O–H groups in total. The minimum absolute atomic E-state index is 0.0666. The van der Waals surface area contributed by atoms with Crippen LogP contribution in [0, 0.1) is 6.92 Å². The summed E-state index contributed by atoms with van der Waals surface area (Å²) in [5.74, 6) is 0. The van der Waals surface area contributed by atoms with Crippen molar-refractivity contribution < 1.29 is 13.0 Å². The normalized spacial score (nSPS) is 13.7. The van der Waals surface area contributed by atoms with E-state index >= 15 is 0 Å². The molecule has 0 saturated heterocycles. The first-order chi connectivity index (χ1) is 13.7. The number of likely N-dealkylation sites (N-methyl/N-ethyl adjacent to an activating group) is 1. The molecule has 1 aliphatic rings. The van der Waals surface area contributed by atoms with Gasteiger partial charge in [-0.1, -0.05) is 48.1 Å². The van der Waals surface area contributed by atoms with Gasteiger partial charge in [0.1, 0.15) is 0 Å². The minimum atomic E-state index is -4.02. The van der Waals surface area contributed by atoms with E-state index in [4.69, 9.17) is 4.55 Å². The summed E-state index contributed by atoms with van der Waals surface area (Å²) in [5.41, 5.74) is 4.65. The van der Waals surface area contributed by atoms with Crippen molar-refractivity contribution >= 4 is 21.9 Å². The topological polar surface area (TPSA) is 60.9 Å². The molecule has 2 aromatic carbocycles. The second kappa shape index (κ2) is 10.1. The Morgan fingerprint density at radius 1 is 1.00 bits per heavy atom. The van der Waals surface area contributed by atoms with E-state index < -0.39 is 10.1 Å². The molecule has 29 heavy (non-hydrogen) atoms. The largest absolute Gasteiger partial charge is 0.378 e. The van der Waals surface area contributed by atoms with Crippen molar-refractivity contribution in [2.45, 2.75) is 11.8 Å². The Labute approximate surface area is 174 Å². The highest BCUT2D eigenvalue weighted by atomic mass is 32.2. The molecular formula is C23H28N2O3S. The quantitative estimate of drug-likeness (QED) is 0.755. The zero-order chi connectivity index (χ0) is 21.4. The van der Waals surface area contributed by atoms with E-state index in [2.05, 4.69) is 85.6 Å². The summed E-state index contributed by atoms with van der Waals surface area (Å²) in [6.45, 7) is 2.82. The fourth-order valence-corrected chi connectivity index (χ4v) is 3.06. The molecule has 5 nitrogen and oxygen atoms in total. The fourth-order valence-electron chi connectivity index (χ4n) is 2.58. The summed E-state index contributed by atoms with van der Waals surface area (Å²) in [5, 5.41) is 0. The Morgan fingerprint density at radius 2 is 1.62 bits per heavy atom. The highest BCUT2D eigenvalue weighted by Gasteiger charge is 2.06. The van der Waals surface area contributed by atoms with Crippen molar-refractivity contribution in [3.8, 4) is 0 Å². The van der Waals surface area contributed by atoms with Crippen LogP contribution in [0.15, 0.2) is 83.4 Å². The van der Waals surface area contributed by atoms with Crippen LogP contribution in [-0.4, -0.2) is 45.6 Å². The summed E-state index contributed by atoms with van der Waals surface area (Å²) in [4.78, 5) is 4.27. The lowest BCUT2D eigenvalue weighted by Crippen LogP contribution is -2.18. The predicted molar refractivity (Wildman–Crippen MR) is 121 cm³/mol. The van der Waals surface area contributed by atoms with Gasteiger partial charge in [0.05, 0.1) is 4.90 Å². The molecule has 0 bridgehead atoms. The lowest BCUT2D eigenvalue weighted by molar-refractivity contribution is 0.475. The Hall–Kier alpha value is -2.83. The lowest BCUT2D eigenvalue weighted by atomic mass is 10.1. The number of anilines is 1. The van der Waals surface area contributed by atoms with Gasteiger partial charge in [-0.3, -0.25) is 4.55 Å². The Kier molecular flexibility index (Phi) is 7.82. The molecule has 2 aromatic rings. The maximum Gasteiger partial charge on any atom is 0.294 e.